The monoisotopic (exact) mass is 445 g/mol. The molecular weight excluding hydrogens is 406 g/mol. The molecule has 180 valence electrons. The van der Waals surface area contributed by atoms with Gasteiger partial charge >= 0.3 is 5.97 Å². The molecule has 0 fully saturated rings. The number of amides is 3. The summed E-state index contributed by atoms with van der Waals surface area (Å²) in [6, 6.07) is -3.56. The van der Waals surface area contributed by atoms with E-state index in [1.807, 2.05) is 0 Å². The summed E-state index contributed by atoms with van der Waals surface area (Å²) in [5.74, 6) is -3.06. The minimum atomic E-state index is -1.39. The van der Waals surface area contributed by atoms with Crippen molar-refractivity contribution >= 4 is 23.7 Å². The maximum absolute atomic E-state index is 12.7. The quantitative estimate of drug-likeness (QED) is 0.138. The molecule has 0 aliphatic rings. The zero-order valence-electron chi connectivity index (χ0n) is 18.6. The number of hydrogen-bond donors (Lipinski definition) is 7. The molecule has 11 heteroatoms. The van der Waals surface area contributed by atoms with Gasteiger partial charge in [0.15, 0.2) is 0 Å². The van der Waals surface area contributed by atoms with Crippen LogP contribution in [0.25, 0.3) is 0 Å². The number of nitrogens with one attached hydrogen (secondary N) is 3. The molecule has 11 nitrogen and oxygen atoms in total. The van der Waals surface area contributed by atoms with Crippen molar-refractivity contribution in [3.8, 4) is 0 Å². The largest absolute Gasteiger partial charge is 0.480 e. The van der Waals surface area contributed by atoms with E-state index in [1.54, 1.807) is 0 Å². The summed E-state index contributed by atoms with van der Waals surface area (Å²) in [7, 11) is 0. The summed E-state index contributed by atoms with van der Waals surface area (Å²) in [6.45, 7) is 3.74. The van der Waals surface area contributed by atoms with E-state index in [0.717, 1.165) is 19.3 Å². The molecule has 0 aromatic carbocycles. The third kappa shape index (κ3) is 12.3. The van der Waals surface area contributed by atoms with Gasteiger partial charge in [-0.05, 0) is 45.7 Å². The van der Waals surface area contributed by atoms with Crippen molar-refractivity contribution in [1.29, 1.82) is 0 Å². The van der Waals surface area contributed by atoms with Gasteiger partial charge in [0.05, 0.1) is 6.10 Å². The van der Waals surface area contributed by atoms with E-state index < -0.39 is 42.0 Å². The lowest BCUT2D eigenvalue weighted by molar-refractivity contribution is -0.143. The Labute approximate surface area is 183 Å². The van der Waals surface area contributed by atoms with Gasteiger partial charge < -0.3 is 37.6 Å². The van der Waals surface area contributed by atoms with Crippen molar-refractivity contribution in [3.63, 3.8) is 0 Å². The van der Waals surface area contributed by atoms with Crippen molar-refractivity contribution < 1.29 is 29.4 Å². The number of aliphatic carboxylic acids is 1. The molecule has 31 heavy (non-hydrogen) atoms. The van der Waals surface area contributed by atoms with Gasteiger partial charge in [0.25, 0.3) is 0 Å². The van der Waals surface area contributed by atoms with Crippen molar-refractivity contribution in [1.82, 2.24) is 16.0 Å². The molecule has 4 atom stereocenters. The van der Waals surface area contributed by atoms with E-state index in [1.165, 1.54) is 6.92 Å². The normalized spacial score (nSPS) is 14.7. The third-order valence-electron chi connectivity index (χ3n) is 4.74. The zero-order chi connectivity index (χ0) is 23.8. The van der Waals surface area contributed by atoms with E-state index in [9.17, 15) is 29.4 Å². The maximum Gasteiger partial charge on any atom is 0.326 e. The van der Waals surface area contributed by atoms with Gasteiger partial charge in [-0.3, -0.25) is 14.4 Å². The van der Waals surface area contributed by atoms with E-state index in [-0.39, 0.29) is 38.3 Å². The molecule has 3 amide bonds. The summed E-state index contributed by atoms with van der Waals surface area (Å²) < 4.78 is 0. The summed E-state index contributed by atoms with van der Waals surface area (Å²) in [5.41, 5.74) is 10.9. The standard InChI is InChI=1S/C20H39N5O6/c1-3-4-5-6-9-16(27)23-14(10-12-22)18(28)25-17(13(2)26)19(29)24-15(20(30)31)8-7-11-21/h13-15,17,26H,3-12,21-22H2,1-2H3,(H,23,27)(H,24,29)(H,25,28)(H,30,31)/t13-,14+,15-,17+/m1/s1. The predicted molar refractivity (Wildman–Crippen MR) is 116 cm³/mol. The summed E-state index contributed by atoms with van der Waals surface area (Å²) in [4.78, 5) is 48.6. The molecule has 0 bridgehead atoms. The second-order valence-electron chi connectivity index (χ2n) is 7.57. The van der Waals surface area contributed by atoms with Gasteiger partial charge in [0, 0.05) is 6.42 Å². The van der Waals surface area contributed by atoms with Crippen LogP contribution >= 0.6 is 0 Å². The molecule has 0 radical (unpaired) electrons. The molecule has 0 aromatic heterocycles. The molecule has 0 heterocycles. The maximum atomic E-state index is 12.7. The van der Waals surface area contributed by atoms with Crippen LogP contribution in [0.5, 0.6) is 0 Å². The van der Waals surface area contributed by atoms with Crippen LogP contribution in [-0.4, -0.2) is 71.2 Å². The number of aliphatic hydroxyl groups excluding tert-OH is 1. The summed E-state index contributed by atoms with van der Waals surface area (Å²) in [6.07, 6.45) is 3.30. The molecule has 0 aromatic rings. The average molecular weight is 446 g/mol. The van der Waals surface area contributed by atoms with E-state index in [0.29, 0.717) is 12.8 Å². The van der Waals surface area contributed by atoms with Crippen molar-refractivity contribution in [3.05, 3.63) is 0 Å². The van der Waals surface area contributed by atoms with Gasteiger partial charge in [-0.15, -0.1) is 0 Å². The fraction of sp³-hybridized carbons (Fsp3) is 0.800. The minimum absolute atomic E-state index is 0.113. The number of hydrogen-bond acceptors (Lipinski definition) is 7. The lowest BCUT2D eigenvalue weighted by Crippen LogP contribution is -2.59. The lowest BCUT2D eigenvalue weighted by Gasteiger charge is -2.26. The van der Waals surface area contributed by atoms with Crippen molar-refractivity contribution in [2.45, 2.75) is 89.4 Å². The highest BCUT2D eigenvalue weighted by Gasteiger charge is 2.31. The third-order valence-corrected chi connectivity index (χ3v) is 4.74. The highest BCUT2D eigenvalue weighted by atomic mass is 16.4. The van der Waals surface area contributed by atoms with Crippen LogP contribution in [0.2, 0.25) is 0 Å². The van der Waals surface area contributed by atoms with Crippen molar-refractivity contribution in [2.24, 2.45) is 11.5 Å². The fourth-order valence-electron chi connectivity index (χ4n) is 2.91. The number of aliphatic hydroxyl groups is 1. The molecule has 0 aliphatic carbocycles. The topological polar surface area (TPSA) is 197 Å². The fourth-order valence-corrected chi connectivity index (χ4v) is 2.91. The Morgan fingerprint density at radius 2 is 1.52 bits per heavy atom. The summed E-state index contributed by atoms with van der Waals surface area (Å²) >= 11 is 0. The first-order chi connectivity index (χ1) is 14.7. The number of rotatable bonds is 17. The number of carbonyl (C=O) groups excluding carboxylic acids is 3. The molecule has 0 spiro atoms. The van der Waals surface area contributed by atoms with Crippen LogP contribution in [0.1, 0.15) is 65.2 Å². The molecule has 0 saturated carbocycles. The number of nitrogens with two attached hydrogens (primary N) is 2. The second kappa shape index (κ2) is 16.5. The highest BCUT2D eigenvalue weighted by molar-refractivity contribution is 5.93. The number of carboxylic acid groups (broad SMARTS) is 1. The number of carboxylic acids is 1. The molecule has 9 N–H and O–H groups in total. The van der Waals surface area contributed by atoms with Gasteiger partial charge in [-0.25, -0.2) is 4.79 Å². The summed E-state index contributed by atoms with van der Waals surface area (Å²) in [5, 5.41) is 26.5. The Bertz CT molecular complexity index is 572. The van der Waals surface area contributed by atoms with Gasteiger partial charge in [-0.2, -0.15) is 0 Å². The highest BCUT2D eigenvalue weighted by Crippen LogP contribution is 2.04. The average Bonchev–Trinajstić information content (AvgIpc) is 2.71. The minimum Gasteiger partial charge on any atom is -0.480 e. The first-order valence-electron chi connectivity index (χ1n) is 10.9. The van der Waals surface area contributed by atoms with Gasteiger partial charge in [0.2, 0.25) is 17.7 Å². The zero-order valence-corrected chi connectivity index (χ0v) is 18.6. The van der Waals surface area contributed by atoms with Crippen LogP contribution in [0.3, 0.4) is 0 Å². The van der Waals surface area contributed by atoms with Gasteiger partial charge in [-0.1, -0.05) is 26.2 Å². The first-order valence-corrected chi connectivity index (χ1v) is 10.9. The van der Waals surface area contributed by atoms with Crippen LogP contribution < -0.4 is 27.4 Å². The molecule has 0 rings (SSSR count). The lowest BCUT2D eigenvalue weighted by atomic mass is 10.1. The van der Waals surface area contributed by atoms with Crippen LogP contribution in [-0.2, 0) is 19.2 Å². The second-order valence-corrected chi connectivity index (χ2v) is 7.57. The SMILES string of the molecule is CCCCCCC(=O)N[C@@H](CCN)C(=O)N[C@H](C(=O)N[C@H](CCCN)C(=O)O)[C@@H](C)O. The number of unbranched alkanes of at least 4 members (excludes halogenated alkanes) is 3. The Balaban J connectivity index is 5.03. The first kappa shape index (κ1) is 28.8. The van der Waals surface area contributed by atoms with E-state index >= 15 is 0 Å². The Kier molecular flexibility index (Phi) is 15.3. The van der Waals surface area contributed by atoms with Gasteiger partial charge in [0.1, 0.15) is 18.1 Å². The Morgan fingerprint density at radius 1 is 0.839 bits per heavy atom. The predicted octanol–water partition coefficient (Wildman–Crippen LogP) is -1.04. The molecule has 0 unspecified atom stereocenters. The van der Waals surface area contributed by atoms with E-state index in [4.69, 9.17) is 11.5 Å². The van der Waals surface area contributed by atoms with Crippen LogP contribution in [0.4, 0.5) is 0 Å². The van der Waals surface area contributed by atoms with Crippen molar-refractivity contribution in [2.75, 3.05) is 13.1 Å². The van der Waals surface area contributed by atoms with Crippen LogP contribution in [0.15, 0.2) is 0 Å². The molecular formula is C20H39N5O6. The van der Waals surface area contributed by atoms with Crippen LogP contribution in [0, 0.1) is 0 Å². The van der Waals surface area contributed by atoms with E-state index in [2.05, 4.69) is 22.9 Å². The Hall–Kier alpha value is -2.24. The Morgan fingerprint density at radius 3 is 2.03 bits per heavy atom. The molecule has 0 saturated heterocycles. The smallest absolute Gasteiger partial charge is 0.326 e. The molecule has 0 aliphatic heterocycles. The number of carbonyl (C=O) groups is 4.